The Morgan fingerprint density at radius 3 is 2.30 bits per heavy atom. The number of hydrogen-bond acceptors (Lipinski definition) is 4. The normalized spacial score (nSPS) is 21.7. The van der Waals surface area contributed by atoms with Crippen LogP contribution in [0.25, 0.3) is 6.08 Å². The Balaban J connectivity index is 1.29. The van der Waals surface area contributed by atoms with Crippen LogP contribution >= 0.6 is 0 Å². The zero-order valence-electron chi connectivity index (χ0n) is 15.5. The van der Waals surface area contributed by atoms with Gasteiger partial charge in [0.25, 0.3) is 0 Å². The fourth-order valence-electron chi connectivity index (χ4n) is 3.34. The van der Waals surface area contributed by atoms with Gasteiger partial charge in [-0.25, -0.2) is 13.1 Å². The summed E-state index contributed by atoms with van der Waals surface area (Å²) in [5.74, 6) is 0.909. The Hall–Kier alpha value is -1.70. The number of nitrogens with zero attached hydrogens (tertiary/aromatic N) is 2. The second-order valence-corrected chi connectivity index (χ2v) is 9.58. The van der Waals surface area contributed by atoms with E-state index in [0.717, 1.165) is 50.5 Å². The standard InChI is InChI=1S/C20H27N3O3S/c24-20(23-13-11-22(12-14-23)15-17-1-2-17)10-5-16-3-8-19(9-4-16)27(25,26)21-18-6-7-18/h3-5,8-10,17-18,21H,1-2,6-7,11-15H2/b10-5+. The average Bonchev–Trinajstić information content (AvgIpc) is 3.58. The van der Waals surface area contributed by atoms with Crippen LogP contribution in [0, 0.1) is 5.92 Å². The van der Waals surface area contributed by atoms with E-state index >= 15 is 0 Å². The number of carbonyl (C=O) groups excluding carboxylic acids is 1. The molecule has 3 aliphatic rings. The zero-order valence-corrected chi connectivity index (χ0v) is 16.3. The predicted octanol–water partition coefficient (Wildman–Crippen LogP) is 1.69. The molecule has 1 aliphatic heterocycles. The van der Waals surface area contributed by atoms with Gasteiger partial charge in [-0.1, -0.05) is 12.1 Å². The number of rotatable bonds is 7. The maximum absolute atomic E-state index is 12.4. The SMILES string of the molecule is O=C(/C=C/c1ccc(S(=O)(=O)NC2CC2)cc1)N1CCN(CC2CC2)CC1. The molecule has 1 amide bonds. The molecule has 0 aromatic heterocycles. The zero-order chi connectivity index (χ0) is 18.9. The molecule has 0 radical (unpaired) electrons. The number of carbonyl (C=O) groups is 1. The highest BCUT2D eigenvalue weighted by Crippen LogP contribution is 2.30. The summed E-state index contributed by atoms with van der Waals surface area (Å²) >= 11 is 0. The first-order chi connectivity index (χ1) is 13.0. The van der Waals surface area contributed by atoms with Gasteiger partial charge in [0.15, 0.2) is 0 Å². The molecule has 0 spiro atoms. The molecule has 0 unspecified atom stereocenters. The molecule has 0 bridgehead atoms. The molecule has 1 aromatic rings. The summed E-state index contributed by atoms with van der Waals surface area (Å²) in [4.78, 5) is 17.0. The summed E-state index contributed by atoms with van der Waals surface area (Å²) < 4.78 is 27.0. The van der Waals surface area contributed by atoms with Gasteiger partial charge in [0.05, 0.1) is 4.90 Å². The summed E-state index contributed by atoms with van der Waals surface area (Å²) in [6.45, 7) is 4.65. The molecule has 1 saturated heterocycles. The van der Waals surface area contributed by atoms with Gasteiger partial charge in [0.1, 0.15) is 0 Å². The summed E-state index contributed by atoms with van der Waals surface area (Å²) in [6.07, 6.45) is 7.89. The van der Waals surface area contributed by atoms with Crippen molar-refractivity contribution in [3.8, 4) is 0 Å². The number of benzene rings is 1. The Bertz CT molecular complexity index is 803. The van der Waals surface area contributed by atoms with Gasteiger partial charge in [-0.2, -0.15) is 0 Å². The third kappa shape index (κ3) is 5.18. The third-order valence-corrected chi connectivity index (χ3v) is 6.94. The lowest BCUT2D eigenvalue weighted by Crippen LogP contribution is -2.48. The van der Waals surface area contributed by atoms with Gasteiger partial charge in [-0.15, -0.1) is 0 Å². The summed E-state index contributed by atoms with van der Waals surface area (Å²) in [5.41, 5.74) is 0.820. The first-order valence-electron chi connectivity index (χ1n) is 9.81. The van der Waals surface area contributed by atoms with E-state index in [1.807, 2.05) is 4.90 Å². The van der Waals surface area contributed by atoms with E-state index in [4.69, 9.17) is 0 Å². The minimum atomic E-state index is -3.43. The van der Waals surface area contributed by atoms with Crippen molar-refractivity contribution in [3.05, 3.63) is 35.9 Å². The topological polar surface area (TPSA) is 69.7 Å². The molecule has 1 heterocycles. The van der Waals surface area contributed by atoms with Gasteiger partial charge < -0.3 is 4.90 Å². The monoisotopic (exact) mass is 389 g/mol. The van der Waals surface area contributed by atoms with Crippen molar-refractivity contribution < 1.29 is 13.2 Å². The Labute approximate surface area is 161 Å². The Kier molecular flexibility index (Phi) is 5.34. The molecule has 2 aliphatic carbocycles. The van der Waals surface area contributed by atoms with Gasteiger partial charge >= 0.3 is 0 Å². The highest BCUT2D eigenvalue weighted by Gasteiger charge is 2.28. The van der Waals surface area contributed by atoms with E-state index in [0.29, 0.717) is 0 Å². The van der Waals surface area contributed by atoms with Crippen LogP contribution < -0.4 is 4.72 Å². The third-order valence-electron chi connectivity index (χ3n) is 5.41. The molecule has 6 nitrogen and oxygen atoms in total. The molecular weight excluding hydrogens is 362 g/mol. The quantitative estimate of drug-likeness (QED) is 0.721. The Morgan fingerprint density at radius 1 is 1.04 bits per heavy atom. The second kappa shape index (κ2) is 7.73. The van der Waals surface area contributed by atoms with Crippen molar-refractivity contribution in [2.45, 2.75) is 36.6 Å². The minimum absolute atomic E-state index is 0.0215. The predicted molar refractivity (Wildman–Crippen MR) is 105 cm³/mol. The second-order valence-electron chi connectivity index (χ2n) is 7.87. The van der Waals surface area contributed by atoms with E-state index in [9.17, 15) is 13.2 Å². The summed E-state index contributed by atoms with van der Waals surface area (Å²) in [7, 11) is -3.43. The van der Waals surface area contributed by atoms with Crippen LogP contribution in [0.5, 0.6) is 0 Å². The minimum Gasteiger partial charge on any atom is -0.337 e. The molecule has 7 heteroatoms. The van der Waals surface area contributed by atoms with Crippen LogP contribution in [0.2, 0.25) is 0 Å². The van der Waals surface area contributed by atoms with Crippen molar-refractivity contribution >= 4 is 22.0 Å². The molecule has 27 heavy (non-hydrogen) atoms. The van der Waals surface area contributed by atoms with Crippen LogP contribution in [0.1, 0.15) is 31.2 Å². The molecule has 146 valence electrons. The first kappa shape index (κ1) is 18.7. The smallest absolute Gasteiger partial charge is 0.246 e. The van der Waals surface area contributed by atoms with Crippen molar-refractivity contribution in [2.24, 2.45) is 5.92 Å². The largest absolute Gasteiger partial charge is 0.337 e. The van der Waals surface area contributed by atoms with Gasteiger partial charge in [-0.05, 0) is 55.4 Å². The maximum atomic E-state index is 12.4. The van der Waals surface area contributed by atoms with E-state index < -0.39 is 10.0 Å². The maximum Gasteiger partial charge on any atom is 0.246 e. The van der Waals surface area contributed by atoms with Gasteiger partial charge in [0.2, 0.25) is 15.9 Å². The van der Waals surface area contributed by atoms with Crippen LogP contribution in [0.4, 0.5) is 0 Å². The van der Waals surface area contributed by atoms with Gasteiger partial charge in [0, 0.05) is 44.8 Å². The van der Waals surface area contributed by atoms with Gasteiger partial charge in [-0.3, -0.25) is 9.69 Å². The van der Waals surface area contributed by atoms with Crippen LogP contribution in [0.3, 0.4) is 0 Å². The number of amides is 1. The first-order valence-corrected chi connectivity index (χ1v) is 11.3. The van der Waals surface area contributed by atoms with Crippen molar-refractivity contribution in [1.29, 1.82) is 0 Å². The van der Waals surface area contributed by atoms with Crippen LogP contribution in [-0.4, -0.2) is 62.9 Å². The summed E-state index contributed by atoms with van der Waals surface area (Å²) in [5, 5.41) is 0. The molecule has 1 N–H and O–H groups in total. The number of sulfonamides is 1. The highest BCUT2D eigenvalue weighted by molar-refractivity contribution is 7.89. The van der Waals surface area contributed by atoms with Crippen molar-refractivity contribution in [3.63, 3.8) is 0 Å². The summed E-state index contributed by atoms with van der Waals surface area (Å²) in [6, 6.07) is 6.74. The van der Waals surface area contributed by atoms with Crippen LogP contribution in [0.15, 0.2) is 35.2 Å². The van der Waals surface area contributed by atoms with E-state index in [-0.39, 0.29) is 16.8 Å². The van der Waals surface area contributed by atoms with E-state index in [1.165, 1.54) is 19.4 Å². The highest BCUT2D eigenvalue weighted by atomic mass is 32.2. The van der Waals surface area contributed by atoms with E-state index in [2.05, 4.69) is 9.62 Å². The number of hydrogen-bond donors (Lipinski definition) is 1. The molecule has 3 fully saturated rings. The molecule has 1 aromatic carbocycles. The lowest BCUT2D eigenvalue weighted by molar-refractivity contribution is -0.127. The molecule has 0 atom stereocenters. The van der Waals surface area contributed by atoms with E-state index in [1.54, 1.807) is 36.4 Å². The number of nitrogens with one attached hydrogen (secondary N) is 1. The molecule has 2 saturated carbocycles. The lowest BCUT2D eigenvalue weighted by Gasteiger charge is -2.34. The Morgan fingerprint density at radius 2 is 1.70 bits per heavy atom. The number of piperazine rings is 1. The van der Waals surface area contributed by atoms with Crippen molar-refractivity contribution in [1.82, 2.24) is 14.5 Å². The lowest BCUT2D eigenvalue weighted by atomic mass is 10.2. The fourth-order valence-corrected chi connectivity index (χ4v) is 4.64. The molecule has 4 rings (SSSR count). The molecular formula is C20H27N3O3S. The van der Waals surface area contributed by atoms with Crippen molar-refractivity contribution in [2.75, 3.05) is 32.7 Å². The van der Waals surface area contributed by atoms with Crippen LogP contribution in [-0.2, 0) is 14.8 Å². The fraction of sp³-hybridized carbons (Fsp3) is 0.550. The average molecular weight is 390 g/mol.